The highest BCUT2D eigenvalue weighted by Crippen LogP contribution is 2.31. The van der Waals surface area contributed by atoms with Gasteiger partial charge in [-0.15, -0.1) is 11.3 Å². The molecule has 1 aromatic heterocycles. The first-order valence-corrected chi connectivity index (χ1v) is 9.67. The van der Waals surface area contributed by atoms with Crippen molar-refractivity contribution in [3.8, 4) is 5.75 Å². The number of carbonyl (C=O) groups excluding carboxylic acids is 1. The Labute approximate surface area is 157 Å². The summed E-state index contributed by atoms with van der Waals surface area (Å²) in [6.45, 7) is 3.27. The number of amides is 1. The maximum Gasteiger partial charge on any atom is 0.258 e. The molecule has 0 saturated heterocycles. The Morgan fingerprint density at radius 1 is 1.23 bits per heavy atom. The summed E-state index contributed by atoms with van der Waals surface area (Å²) in [5, 5.41) is 1.97. The molecule has 26 heavy (non-hydrogen) atoms. The van der Waals surface area contributed by atoms with Crippen LogP contribution >= 0.6 is 11.3 Å². The van der Waals surface area contributed by atoms with Gasteiger partial charge >= 0.3 is 0 Å². The standard InChI is InChI=1S/C21H20N2O2S/c1-15-4-2-5-16-6-3-11-23(20(15)16)21(24)17-7-9-19(10-8-17)25-12-18-13-26-14-22-18/h2,4-5,7-10,13-14H,3,6,11-12H2,1H3. The summed E-state index contributed by atoms with van der Waals surface area (Å²) in [6.07, 6.45) is 2.03. The smallest absolute Gasteiger partial charge is 0.258 e. The maximum absolute atomic E-state index is 13.0. The van der Waals surface area contributed by atoms with Crippen molar-refractivity contribution in [3.63, 3.8) is 0 Å². The van der Waals surface area contributed by atoms with Gasteiger partial charge in [-0.1, -0.05) is 18.2 Å². The molecule has 0 unspecified atom stereocenters. The number of hydrogen-bond acceptors (Lipinski definition) is 4. The maximum atomic E-state index is 13.0. The minimum Gasteiger partial charge on any atom is -0.487 e. The quantitative estimate of drug-likeness (QED) is 0.678. The zero-order chi connectivity index (χ0) is 17.9. The number of ether oxygens (including phenoxy) is 1. The fourth-order valence-corrected chi connectivity index (χ4v) is 3.91. The molecule has 0 fully saturated rings. The van der Waals surface area contributed by atoms with E-state index in [1.807, 2.05) is 34.5 Å². The number of rotatable bonds is 4. The van der Waals surface area contributed by atoms with Gasteiger partial charge in [0.2, 0.25) is 0 Å². The fourth-order valence-electron chi connectivity index (χ4n) is 3.37. The lowest BCUT2D eigenvalue weighted by Gasteiger charge is -2.31. The summed E-state index contributed by atoms with van der Waals surface area (Å²) in [7, 11) is 0. The molecule has 2 aromatic carbocycles. The number of fused-ring (bicyclic) bond motifs is 1. The molecule has 5 heteroatoms. The summed E-state index contributed by atoms with van der Waals surface area (Å²) < 4.78 is 5.73. The first-order valence-electron chi connectivity index (χ1n) is 8.72. The number of nitrogens with zero attached hydrogens (tertiary/aromatic N) is 2. The van der Waals surface area contributed by atoms with Crippen LogP contribution in [0.15, 0.2) is 53.4 Å². The van der Waals surface area contributed by atoms with Gasteiger partial charge in [0, 0.05) is 17.5 Å². The fraction of sp³-hybridized carbons (Fsp3) is 0.238. The molecule has 0 radical (unpaired) electrons. The molecule has 1 amide bonds. The van der Waals surface area contributed by atoms with Crippen molar-refractivity contribution in [2.75, 3.05) is 11.4 Å². The van der Waals surface area contributed by atoms with Gasteiger partial charge in [-0.05, 0) is 55.2 Å². The van der Waals surface area contributed by atoms with Gasteiger partial charge in [-0.2, -0.15) is 0 Å². The minimum absolute atomic E-state index is 0.0475. The Morgan fingerprint density at radius 3 is 2.85 bits per heavy atom. The van der Waals surface area contributed by atoms with Crippen molar-refractivity contribution in [2.24, 2.45) is 0 Å². The Kier molecular flexibility index (Phi) is 4.71. The van der Waals surface area contributed by atoms with Crippen LogP contribution in [0.5, 0.6) is 5.75 Å². The first kappa shape index (κ1) is 16.8. The van der Waals surface area contributed by atoms with Crippen LogP contribution in [0.3, 0.4) is 0 Å². The number of aryl methyl sites for hydroxylation is 2. The highest BCUT2D eigenvalue weighted by atomic mass is 32.1. The summed E-state index contributed by atoms with van der Waals surface area (Å²) in [5.74, 6) is 0.788. The topological polar surface area (TPSA) is 42.4 Å². The molecule has 4 nitrogen and oxygen atoms in total. The lowest BCUT2D eigenvalue weighted by molar-refractivity contribution is 0.0985. The molecule has 0 spiro atoms. The van der Waals surface area contributed by atoms with Crippen LogP contribution in [-0.4, -0.2) is 17.4 Å². The van der Waals surface area contributed by atoms with Gasteiger partial charge in [0.25, 0.3) is 5.91 Å². The van der Waals surface area contributed by atoms with Crippen LogP contribution in [0, 0.1) is 6.92 Å². The Morgan fingerprint density at radius 2 is 2.08 bits per heavy atom. The van der Waals surface area contributed by atoms with Crippen molar-refractivity contribution >= 4 is 22.9 Å². The third-order valence-electron chi connectivity index (χ3n) is 4.64. The van der Waals surface area contributed by atoms with Gasteiger partial charge in [-0.3, -0.25) is 4.79 Å². The van der Waals surface area contributed by atoms with E-state index in [4.69, 9.17) is 4.74 Å². The largest absolute Gasteiger partial charge is 0.487 e. The van der Waals surface area contributed by atoms with Gasteiger partial charge in [0.1, 0.15) is 12.4 Å². The number of thiazole rings is 1. The SMILES string of the molecule is Cc1cccc2c1N(C(=O)c1ccc(OCc3cscn3)cc1)CCC2. The molecule has 0 N–H and O–H groups in total. The van der Waals surface area contributed by atoms with E-state index in [2.05, 4.69) is 30.1 Å². The third-order valence-corrected chi connectivity index (χ3v) is 5.27. The van der Waals surface area contributed by atoms with E-state index in [1.165, 1.54) is 5.56 Å². The predicted molar refractivity (Wildman–Crippen MR) is 104 cm³/mol. The van der Waals surface area contributed by atoms with Crippen molar-refractivity contribution in [1.29, 1.82) is 0 Å². The third kappa shape index (κ3) is 3.35. The van der Waals surface area contributed by atoms with Gasteiger partial charge < -0.3 is 9.64 Å². The molecule has 0 bridgehead atoms. The number of carbonyl (C=O) groups is 1. The second-order valence-corrected chi connectivity index (χ2v) is 7.15. The number of para-hydroxylation sites is 1. The highest BCUT2D eigenvalue weighted by Gasteiger charge is 2.24. The average molecular weight is 364 g/mol. The summed E-state index contributed by atoms with van der Waals surface area (Å²) >= 11 is 1.55. The van der Waals surface area contributed by atoms with Gasteiger partial charge in [0.15, 0.2) is 0 Å². The lowest BCUT2D eigenvalue weighted by atomic mass is 9.97. The van der Waals surface area contributed by atoms with Gasteiger partial charge in [0.05, 0.1) is 16.9 Å². The van der Waals surface area contributed by atoms with E-state index in [9.17, 15) is 4.79 Å². The van der Waals surface area contributed by atoms with Crippen LogP contribution < -0.4 is 9.64 Å². The van der Waals surface area contributed by atoms with E-state index in [1.54, 1.807) is 16.8 Å². The second-order valence-electron chi connectivity index (χ2n) is 6.44. The molecule has 0 aliphatic carbocycles. The molecule has 0 saturated carbocycles. The molecular formula is C21H20N2O2S. The highest BCUT2D eigenvalue weighted by molar-refractivity contribution is 7.07. The number of aromatic nitrogens is 1. The molecule has 4 rings (SSSR count). The van der Waals surface area contributed by atoms with Crippen molar-refractivity contribution in [2.45, 2.75) is 26.4 Å². The Balaban J connectivity index is 1.51. The van der Waals surface area contributed by atoms with Crippen LogP contribution in [0.25, 0.3) is 0 Å². The van der Waals surface area contributed by atoms with E-state index >= 15 is 0 Å². The van der Waals surface area contributed by atoms with E-state index < -0.39 is 0 Å². The Hall–Kier alpha value is -2.66. The molecule has 3 aromatic rings. The molecule has 1 aliphatic heterocycles. The lowest BCUT2D eigenvalue weighted by Crippen LogP contribution is -2.36. The summed E-state index contributed by atoms with van der Waals surface area (Å²) in [4.78, 5) is 19.2. The van der Waals surface area contributed by atoms with Crippen LogP contribution in [0.2, 0.25) is 0 Å². The normalized spacial score (nSPS) is 13.3. The van der Waals surface area contributed by atoms with Crippen LogP contribution in [-0.2, 0) is 13.0 Å². The van der Waals surface area contributed by atoms with Crippen molar-refractivity contribution in [3.05, 3.63) is 75.7 Å². The van der Waals surface area contributed by atoms with Crippen molar-refractivity contribution < 1.29 is 9.53 Å². The zero-order valence-electron chi connectivity index (χ0n) is 14.6. The van der Waals surface area contributed by atoms with Gasteiger partial charge in [-0.25, -0.2) is 4.98 Å². The monoisotopic (exact) mass is 364 g/mol. The number of benzene rings is 2. The zero-order valence-corrected chi connectivity index (χ0v) is 15.5. The first-order chi connectivity index (χ1) is 12.7. The molecule has 132 valence electrons. The second kappa shape index (κ2) is 7.30. The number of hydrogen-bond donors (Lipinski definition) is 0. The Bertz CT molecular complexity index is 904. The van der Waals surface area contributed by atoms with Crippen LogP contribution in [0.1, 0.15) is 33.6 Å². The van der Waals surface area contributed by atoms with E-state index in [0.29, 0.717) is 12.2 Å². The molecule has 1 aliphatic rings. The molecule has 2 heterocycles. The summed E-state index contributed by atoms with van der Waals surface area (Å²) in [6, 6.07) is 13.6. The summed E-state index contributed by atoms with van der Waals surface area (Å²) in [5.41, 5.74) is 6.87. The average Bonchev–Trinajstić information content (AvgIpc) is 3.20. The number of anilines is 1. The van der Waals surface area contributed by atoms with E-state index in [0.717, 1.165) is 42.1 Å². The van der Waals surface area contributed by atoms with Crippen molar-refractivity contribution in [1.82, 2.24) is 4.98 Å². The molecule has 0 atom stereocenters. The van der Waals surface area contributed by atoms with E-state index in [-0.39, 0.29) is 5.91 Å². The molecular weight excluding hydrogens is 344 g/mol. The minimum atomic E-state index is 0.0475. The predicted octanol–water partition coefficient (Wildman–Crippen LogP) is 4.62. The van der Waals surface area contributed by atoms with Crippen LogP contribution in [0.4, 0.5) is 5.69 Å².